The van der Waals surface area contributed by atoms with Gasteiger partial charge >= 0.3 is 0 Å². The van der Waals surface area contributed by atoms with E-state index in [4.69, 9.17) is 11.6 Å². The van der Waals surface area contributed by atoms with Crippen molar-refractivity contribution in [3.63, 3.8) is 0 Å². The van der Waals surface area contributed by atoms with Gasteiger partial charge in [-0.1, -0.05) is 18.5 Å². The van der Waals surface area contributed by atoms with Crippen molar-refractivity contribution in [1.29, 1.82) is 0 Å². The zero-order valence-electron chi connectivity index (χ0n) is 9.52. The average Bonchev–Trinajstić information content (AvgIpc) is 2.23. The number of carbonyl (C=O) groups is 2. The Kier molecular flexibility index (Phi) is 3.43. The number of amides is 2. The van der Waals surface area contributed by atoms with Crippen molar-refractivity contribution in [2.75, 3.05) is 0 Å². The number of rotatable bonds is 2. The van der Waals surface area contributed by atoms with E-state index in [0.717, 1.165) is 0 Å². The summed E-state index contributed by atoms with van der Waals surface area (Å²) in [6.45, 7) is 2.12. The van der Waals surface area contributed by atoms with Gasteiger partial charge in [-0.3, -0.25) is 19.5 Å². The minimum absolute atomic E-state index is 0.129. The first-order valence-electron chi connectivity index (χ1n) is 5.50. The summed E-state index contributed by atoms with van der Waals surface area (Å²) in [5.41, 5.74) is 0.633. The molecule has 2 heterocycles. The lowest BCUT2D eigenvalue weighted by atomic mass is 9.98. The minimum atomic E-state index is -0.129. The fourth-order valence-electron chi connectivity index (χ4n) is 1.90. The molecule has 1 aliphatic rings. The molecule has 0 N–H and O–H groups in total. The topological polar surface area (TPSA) is 50.3 Å². The molecule has 17 heavy (non-hydrogen) atoms. The van der Waals surface area contributed by atoms with E-state index in [1.54, 1.807) is 18.3 Å². The molecule has 1 aromatic rings. The van der Waals surface area contributed by atoms with Crippen LogP contribution >= 0.6 is 11.6 Å². The fourth-order valence-corrected chi connectivity index (χ4v) is 2.08. The maximum absolute atomic E-state index is 11.7. The molecule has 0 saturated carbocycles. The van der Waals surface area contributed by atoms with E-state index in [-0.39, 0.29) is 24.3 Å². The van der Waals surface area contributed by atoms with Crippen LogP contribution in [0, 0.1) is 5.92 Å². The van der Waals surface area contributed by atoms with Gasteiger partial charge in [0.15, 0.2) is 0 Å². The molecule has 4 nitrogen and oxygen atoms in total. The Balaban J connectivity index is 2.13. The number of aromatic nitrogens is 1. The summed E-state index contributed by atoms with van der Waals surface area (Å²) >= 11 is 5.83. The van der Waals surface area contributed by atoms with Crippen molar-refractivity contribution in [1.82, 2.24) is 9.88 Å². The molecule has 0 atom stereocenters. The molecule has 0 unspecified atom stereocenters. The van der Waals surface area contributed by atoms with Crippen molar-refractivity contribution in [3.05, 3.63) is 29.0 Å². The molecule has 0 aromatic carbocycles. The lowest BCUT2D eigenvalue weighted by Gasteiger charge is -2.27. The summed E-state index contributed by atoms with van der Waals surface area (Å²) in [7, 11) is 0. The van der Waals surface area contributed by atoms with Gasteiger partial charge in [-0.15, -0.1) is 0 Å². The molecule has 1 aromatic heterocycles. The van der Waals surface area contributed by atoms with Gasteiger partial charge in [-0.2, -0.15) is 0 Å². The third kappa shape index (κ3) is 2.82. The molecule has 0 bridgehead atoms. The molecule has 1 saturated heterocycles. The normalized spacial score (nSPS) is 17.6. The third-order valence-electron chi connectivity index (χ3n) is 2.75. The second-order valence-corrected chi connectivity index (χ2v) is 4.79. The lowest BCUT2D eigenvalue weighted by Crippen LogP contribution is -2.42. The van der Waals surface area contributed by atoms with Gasteiger partial charge in [-0.25, -0.2) is 0 Å². The highest BCUT2D eigenvalue weighted by Crippen LogP contribution is 2.20. The lowest BCUT2D eigenvalue weighted by molar-refractivity contribution is -0.150. The molecular formula is C12H13ClN2O2. The van der Waals surface area contributed by atoms with Crippen molar-refractivity contribution < 1.29 is 9.59 Å². The molecule has 1 aliphatic heterocycles. The number of imide groups is 1. The summed E-state index contributed by atoms with van der Waals surface area (Å²) in [5.74, 6) is -0.121. The van der Waals surface area contributed by atoms with Gasteiger partial charge in [-0.05, 0) is 18.1 Å². The highest BCUT2D eigenvalue weighted by molar-refractivity contribution is 6.30. The smallest absolute Gasteiger partial charge is 0.229 e. The molecule has 90 valence electrons. The number of pyridine rings is 1. The predicted molar refractivity (Wildman–Crippen MR) is 63.2 cm³/mol. The van der Waals surface area contributed by atoms with Gasteiger partial charge in [0.25, 0.3) is 0 Å². The summed E-state index contributed by atoms with van der Waals surface area (Å²) in [6.07, 6.45) is 2.41. The first-order valence-corrected chi connectivity index (χ1v) is 5.87. The van der Waals surface area contributed by atoms with E-state index in [0.29, 0.717) is 23.6 Å². The summed E-state index contributed by atoms with van der Waals surface area (Å²) in [6, 6.07) is 3.33. The zero-order valence-corrected chi connectivity index (χ0v) is 10.3. The number of halogens is 1. The Morgan fingerprint density at radius 3 is 2.65 bits per heavy atom. The monoisotopic (exact) mass is 252 g/mol. The fraction of sp³-hybridized carbons (Fsp3) is 0.417. The first-order chi connectivity index (χ1) is 8.06. The highest BCUT2D eigenvalue weighted by Gasteiger charge is 2.30. The molecule has 0 spiro atoms. The number of hydrogen-bond donors (Lipinski definition) is 0. The standard InChI is InChI=1S/C12H13ClN2O2/c1-8-4-11(16)15(12(17)5-8)7-10-6-9(13)2-3-14-10/h2-3,6,8H,4-5,7H2,1H3. The van der Waals surface area contributed by atoms with Crippen LogP contribution in [0.15, 0.2) is 18.3 Å². The van der Waals surface area contributed by atoms with E-state index in [1.165, 1.54) is 4.90 Å². The molecule has 0 radical (unpaired) electrons. The largest absolute Gasteiger partial charge is 0.277 e. The number of likely N-dealkylation sites (tertiary alicyclic amines) is 1. The Morgan fingerprint density at radius 1 is 1.41 bits per heavy atom. The number of hydrogen-bond acceptors (Lipinski definition) is 3. The Bertz CT molecular complexity index is 444. The summed E-state index contributed by atoms with van der Waals surface area (Å²) in [4.78, 5) is 28.9. The number of carbonyl (C=O) groups excluding carboxylic acids is 2. The van der Waals surface area contributed by atoms with Crippen LogP contribution in [0.3, 0.4) is 0 Å². The molecule has 0 aliphatic carbocycles. The van der Waals surface area contributed by atoms with E-state index in [1.807, 2.05) is 6.92 Å². The van der Waals surface area contributed by atoms with E-state index in [2.05, 4.69) is 4.98 Å². The van der Waals surface area contributed by atoms with Gasteiger partial charge in [0.05, 0.1) is 12.2 Å². The van der Waals surface area contributed by atoms with Crippen molar-refractivity contribution in [2.45, 2.75) is 26.3 Å². The van der Waals surface area contributed by atoms with E-state index >= 15 is 0 Å². The van der Waals surface area contributed by atoms with Gasteiger partial charge < -0.3 is 0 Å². The summed E-state index contributed by atoms with van der Waals surface area (Å²) < 4.78 is 0. The molecular weight excluding hydrogens is 240 g/mol. The van der Waals surface area contributed by atoms with Crippen LogP contribution in [0.1, 0.15) is 25.5 Å². The second-order valence-electron chi connectivity index (χ2n) is 4.35. The van der Waals surface area contributed by atoms with Crippen LogP contribution < -0.4 is 0 Å². The number of piperidine rings is 1. The maximum Gasteiger partial charge on any atom is 0.229 e. The van der Waals surface area contributed by atoms with Crippen LogP contribution in [0.5, 0.6) is 0 Å². The van der Waals surface area contributed by atoms with E-state index < -0.39 is 0 Å². The van der Waals surface area contributed by atoms with Crippen molar-refractivity contribution in [3.8, 4) is 0 Å². The van der Waals surface area contributed by atoms with Crippen molar-refractivity contribution >= 4 is 23.4 Å². The molecule has 2 amide bonds. The van der Waals surface area contributed by atoms with Gasteiger partial charge in [0, 0.05) is 24.1 Å². The predicted octanol–water partition coefficient (Wildman–Crippen LogP) is 2.02. The van der Waals surface area contributed by atoms with E-state index in [9.17, 15) is 9.59 Å². The number of nitrogens with zero attached hydrogens (tertiary/aromatic N) is 2. The van der Waals surface area contributed by atoms with Gasteiger partial charge in [0.1, 0.15) is 0 Å². The van der Waals surface area contributed by atoms with Crippen molar-refractivity contribution in [2.24, 2.45) is 5.92 Å². The molecule has 5 heteroatoms. The molecule has 1 fully saturated rings. The van der Waals surface area contributed by atoms with Crippen LogP contribution in [0.2, 0.25) is 5.02 Å². The quantitative estimate of drug-likeness (QED) is 0.757. The Labute approximate surface area is 105 Å². The van der Waals surface area contributed by atoms with Crippen LogP contribution in [-0.2, 0) is 16.1 Å². The van der Waals surface area contributed by atoms with Crippen LogP contribution in [-0.4, -0.2) is 21.7 Å². The first kappa shape index (κ1) is 12.0. The minimum Gasteiger partial charge on any atom is -0.277 e. The third-order valence-corrected chi connectivity index (χ3v) is 2.98. The van der Waals surface area contributed by atoms with Gasteiger partial charge in [0.2, 0.25) is 11.8 Å². The molecule has 2 rings (SSSR count). The maximum atomic E-state index is 11.7. The average molecular weight is 253 g/mol. The zero-order chi connectivity index (χ0) is 12.4. The Morgan fingerprint density at radius 2 is 2.06 bits per heavy atom. The summed E-state index contributed by atoms with van der Waals surface area (Å²) in [5, 5.41) is 0.556. The SMILES string of the molecule is CC1CC(=O)N(Cc2cc(Cl)ccn2)C(=O)C1. The van der Waals surface area contributed by atoms with Crippen LogP contribution in [0.4, 0.5) is 0 Å². The van der Waals surface area contributed by atoms with Crippen LogP contribution in [0.25, 0.3) is 0 Å². The Hall–Kier alpha value is -1.42. The highest BCUT2D eigenvalue weighted by atomic mass is 35.5. The second kappa shape index (κ2) is 4.84.